The van der Waals surface area contributed by atoms with Crippen LogP contribution in [0.3, 0.4) is 0 Å². The van der Waals surface area contributed by atoms with E-state index in [2.05, 4.69) is 24.2 Å². The molecule has 0 spiro atoms. The number of hydrogen-bond acceptors (Lipinski definition) is 3. The number of hydrogen-bond donors (Lipinski definition) is 1. The highest BCUT2D eigenvalue weighted by molar-refractivity contribution is 7.20. The van der Waals surface area contributed by atoms with Crippen LogP contribution in [0.5, 0.6) is 0 Å². The lowest BCUT2D eigenvalue weighted by Crippen LogP contribution is -2.36. The summed E-state index contributed by atoms with van der Waals surface area (Å²) in [4.78, 5) is 2.42. The van der Waals surface area contributed by atoms with Crippen LogP contribution >= 0.6 is 34.5 Å². The SMILES string of the molecule is CC(NCC1CCCN1C)c1cc(Cl)sc1Cl. The van der Waals surface area contributed by atoms with Crippen molar-refractivity contribution in [2.75, 3.05) is 20.1 Å². The molecular weight excluding hydrogens is 275 g/mol. The highest BCUT2D eigenvalue weighted by Gasteiger charge is 2.21. The Labute approximate surface area is 117 Å². The highest BCUT2D eigenvalue weighted by atomic mass is 35.5. The fraction of sp³-hybridized carbons (Fsp3) is 0.667. The topological polar surface area (TPSA) is 15.3 Å². The number of rotatable bonds is 4. The number of nitrogens with zero attached hydrogens (tertiary/aromatic N) is 1. The van der Waals surface area contributed by atoms with Crippen molar-refractivity contribution in [3.63, 3.8) is 0 Å². The van der Waals surface area contributed by atoms with Gasteiger partial charge in [-0.05, 0) is 45.0 Å². The summed E-state index contributed by atoms with van der Waals surface area (Å²) < 4.78 is 1.56. The number of halogens is 2. The third kappa shape index (κ3) is 3.36. The fourth-order valence-electron chi connectivity index (χ4n) is 2.31. The predicted octanol–water partition coefficient (Wildman–Crippen LogP) is 3.80. The maximum Gasteiger partial charge on any atom is 0.0991 e. The normalized spacial score (nSPS) is 23.2. The molecule has 0 amide bonds. The molecule has 1 N–H and O–H groups in total. The molecule has 96 valence electrons. The van der Waals surface area contributed by atoms with Crippen LogP contribution in [-0.4, -0.2) is 31.1 Å². The van der Waals surface area contributed by atoms with Crippen molar-refractivity contribution in [2.24, 2.45) is 0 Å². The molecule has 1 aliphatic rings. The van der Waals surface area contributed by atoms with Crippen LogP contribution < -0.4 is 5.32 Å². The number of likely N-dealkylation sites (N-methyl/N-ethyl adjacent to an activating group) is 1. The van der Waals surface area contributed by atoms with E-state index in [1.54, 1.807) is 0 Å². The quantitative estimate of drug-likeness (QED) is 0.908. The minimum Gasteiger partial charge on any atom is -0.309 e. The minimum atomic E-state index is 0.264. The van der Waals surface area contributed by atoms with Gasteiger partial charge in [-0.1, -0.05) is 23.2 Å². The first kappa shape index (κ1) is 13.6. The van der Waals surface area contributed by atoms with E-state index >= 15 is 0 Å². The Kier molecular flexibility index (Phi) is 4.72. The summed E-state index contributed by atoms with van der Waals surface area (Å²) in [6, 6.07) is 2.88. The lowest BCUT2D eigenvalue weighted by molar-refractivity contribution is 0.294. The Bertz CT molecular complexity index is 381. The van der Waals surface area contributed by atoms with E-state index in [9.17, 15) is 0 Å². The van der Waals surface area contributed by atoms with Crippen molar-refractivity contribution in [3.8, 4) is 0 Å². The molecule has 1 aliphatic heterocycles. The largest absolute Gasteiger partial charge is 0.309 e. The van der Waals surface area contributed by atoms with Crippen molar-refractivity contribution in [3.05, 3.63) is 20.3 Å². The van der Waals surface area contributed by atoms with E-state index in [1.807, 2.05) is 6.07 Å². The number of thiophene rings is 1. The van der Waals surface area contributed by atoms with Crippen LogP contribution in [0.1, 0.15) is 31.4 Å². The summed E-state index contributed by atoms with van der Waals surface area (Å²) in [6.45, 7) is 4.37. The molecule has 1 saturated heterocycles. The zero-order valence-corrected chi connectivity index (χ0v) is 12.5. The van der Waals surface area contributed by atoms with E-state index in [4.69, 9.17) is 23.2 Å². The molecule has 2 unspecified atom stereocenters. The van der Waals surface area contributed by atoms with Gasteiger partial charge in [0, 0.05) is 18.6 Å². The molecular formula is C12H18Cl2N2S. The van der Waals surface area contributed by atoms with Gasteiger partial charge in [0.15, 0.2) is 0 Å². The first-order chi connectivity index (χ1) is 8.08. The average molecular weight is 293 g/mol. The maximum absolute atomic E-state index is 6.15. The van der Waals surface area contributed by atoms with E-state index in [1.165, 1.54) is 30.7 Å². The zero-order chi connectivity index (χ0) is 12.4. The van der Waals surface area contributed by atoms with Gasteiger partial charge in [-0.2, -0.15) is 0 Å². The molecule has 0 aliphatic carbocycles. The molecule has 17 heavy (non-hydrogen) atoms. The van der Waals surface area contributed by atoms with Crippen LogP contribution in [0.2, 0.25) is 8.67 Å². The summed E-state index contributed by atoms with van der Waals surface area (Å²) in [5.74, 6) is 0. The molecule has 1 fully saturated rings. The van der Waals surface area contributed by atoms with Gasteiger partial charge in [-0.3, -0.25) is 0 Å². The first-order valence-corrected chi connectivity index (χ1v) is 7.53. The van der Waals surface area contributed by atoms with Gasteiger partial charge in [0.05, 0.1) is 8.67 Å². The minimum absolute atomic E-state index is 0.264. The zero-order valence-electron chi connectivity index (χ0n) is 10.2. The highest BCUT2D eigenvalue weighted by Crippen LogP contribution is 2.34. The lowest BCUT2D eigenvalue weighted by Gasteiger charge is -2.22. The number of nitrogens with one attached hydrogen (secondary N) is 1. The Hall–Kier alpha value is 0.200. The van der Waals surface area contributed by atoms with E-state index in [-0.39, 0.29) is 6.04 Å². The molecule has 1 aromatic rings. The monoisotopic (exact) mass is 292 g/mol. The standard InChI is InChI=1S/C12H18Cl2N2S/c1-8(10-6-11(13)17-12(10)14)15-7-9-4-3-5-16(9)2/h6,8-9,15H,3-5,7H2,1-2H3. The molecule has 5 heteroatoms. The predicted molar refractivity (Wildman–Crippen MR) is 76.4 cm³/mol. The molecule has 2 heterocycles. The molecule has 0 saturated carbocycles. The van der Waals surface area contributed by atoms with E-state index in [0.29, 0.717) is 6.04 Å². The van der Waals surface area contributed by atoms with Gasteiger partial charge in [-0.25, -0.2) is 0 Å². The van der Waals surface area contributed by atoms with Crippen LogP contribution in [0, 0.1) is 0 Å². The van der Waals surface area contributed by atoms with Gasteiger partial charge in [-0.15, -0.1) is 11.3 Å². The summed E-state index contributed by atoms with van der Waals surface area (Å²) in [7, 11) is 2.19. The van der Waals surface area contributed by atoms with Crippen molar-refractivity contribution in [1.29, 1.82) is 0 Å². The van der Waals surface area contributed by atoms with Crippen LogP contribution in [0.4, 0.5) is 0 Å². The van der Waals surface area contributed by atoms with Crippen LogP contribution in [0.25, 0.3) is 0 Å². The molecule has 1 aromatic heterocycles. The van der Waals surface area contributed by atoms with Gasteiger partial charge >= 0.3 is 0 Å². The summed E-state index contributed by atoms with van der Waals surface area (Å²) in [5.41, 5.74) is 1.11. The average Bonchev–Trinajstić information content (AvgIpc) is 2.81. The third-order valence-electron chi connectivity index (χ3n) is 3.48. The molecule has 0 bridgehead atoms. The van der Waals surface area contributed by atoms with E-state index in [0.717, 1.165) is 20.8 Å². The Morgan fingerprint density at radius 2 is 2.35 bits per heavy atom. The van der Waals surface area contributed by atoms with E-state index < -0.39 is 0 Å². The lowest BCUT2D eigenvalue weighted by atomic mass is 10.1. The number of likely N-dealkylation sites (tertiary alicyclic amines) is 1. The fourth-order valence-corrected chi connectivity index (χ4v) is 3.95. The smallest absolute Gasteiger partial charge is 0.0991 e. The molecule has 2 nitrogen and oxygen atoms in total. The van der Waals surface area contributed by atoms with Crippen molar-refractivity contribution >= 4 is 34.5 Å². The first-order valence-electron chi connectivity index (χ1n) is 5.96. The molecule has 2 atom stereocenters. The molecule has 0 radical (unpaired) electrons. The third-order valence-corrected chi connectivity index (χ3v) is 5.00. The Morgan fingerprint density at radius 1 is 1.59 bits per heavy atom. The molecule has 0 aromatic carbocycles. The van der Waals surface area contributed by atoms with Crippen molar-refractivity contribution < 1.29 is 0 Å². The van der Waals surface area contributed by atoms with Crippen LogP contribution in [0.15, 0.2) is 6.07 Å². The summed E-state index contributed by atoms with van der Waals surface area (Å²) in [6.07, 6.45) is 2.59. The van der Waals surface area contributed by atoms with Gasteiger partial charge in [0.1, 0.15) is 0 Å². The van der Waals surface area contributed by atoms with Gasteiger partial charge < -0.3 is 10.2 Å². The Morgan fingerprint density at radius 3 is 2.88 bits per heavy atom. The summed E-state index contributed by atoms with van der Waals surface area (Å²) >= 11 is 13.5. The van der Waals surface area contributed by atoms with Crippen molar-refractivity contribution in [2.45, 2.75) is 31.8 Å². The second-order valence-corrected chi connectivity index (χ2v) is 6.97. The molecule has 2 rings (SSSR count). The second kappa shape index (κ2) is 5.89. The second-order valence-electron chi connectivity index (χ2n) is 4.69. The van der Waals surface area contributed by atoms with Crippen molar-refractivity contribution in [1.82, 2.24) is 10.2 Å². The van der Waals surface area contributed by atoms with Gasteiger partial charge in [0.2, 0.25) is 0 Å². The van der Waals surface area contributed by atoms with Gasteiger partial charge in [0.25, 0.3) is 0 Å². The summed E-state index contributed by atoms with van der Waals surface area (Å²) in [5, 5.41) is 3.55. The van der Waals surface area contributed by atoms with Crippen LogP contribution in [-0.2, 0) is 0 Å². The Balaban J connectivity index is 1.88. The maximum atomic E-state index is 6.15.